The maximum Gasteiger partial charge on any atom is 0.165 e. The SMILES string of the molecule is COc1cccc(C(=O)CC2Cc3ccccc32)c1N. The smallest absolute Gasteiger partial charge is 0.165 e. The summed E-state index contributed by atoms with van der Waals surface area (Å²) in [5.41, 5.74) is 9.62. The number of Topliss-reactive ketones (excluding diaryl/α,β-unsaturated/α-hetero) is 1. The van der Waals surface area contributed by atoms with E-state index in [0.29, 0.717) is 29.3 Å². The zero-order valence-corrected chi connectivity index (χ0v) is 11.4. The zero-order chi connectivity index (χ0) is 14.1. The molecular weight excluding hydrogens is 250 g/mol. The number of para-hydroxylation sites is 1. The van der Waals surface area contributed by atoms with Crippen LogP contribution in [0.4, 0.5) is 5.69 Å². The molecule has 0 bridgehead atoms. The van der Waals surface area contributed by atoms with Crippen molar-refractivity contribution in [2.75, 3.05) is 12.8 Å². The summed E-state index contributed by atoms with van der Waals surface area (Å²) in [7, 11) is 1.56. The number of rotatable bonds is 4. The van der Waals surface area contributed by atoms with Crippen LogP contribution in [0.1, 0.15) is 33.8 Å². The van der Waals surface area contributed by atoms with Gasteiger partial charge in [-0.2, -0.15) is 0 Å². The molecule has 0 aromatic heterocycles. The van der Waals surface area contributed by atoms with Gasteiger partial charge in [0.1, 0.15) is 5.75 Å². The first-order chi connectivity index (χ1) is 9.70. The second kappa shape index (κ2) is 5.00. The summed E-state index contributed by atoms with van der Waals surface area (Å²) in [6, 6.07) is 13.6. The average molecular weight is 267 g/mol. The van der Waals surface area contributed by atoms with Gasteiger partial charge in [0.15, 0.2) is 5.78 Å². The Morgan fingerprint density at radius 2 is 2.05 bits per heavy atom. The van der Waals surface area contributed by atoms with Gasteiger partial charge in [0.25, 0.3) is 0 Å². The Labute approximate surface area is 118 Å². The molecule has 0 saturated carbocycles. The summed E-state index contributed by atoms with van der Waals surface area (Å²) in [5.74, 6) is 0.968. The highest BCUT2D eigenvalue weighted by Crippen LogP contribution is 2.38. The van der Waals surface area contributed by atoms with Gasteiger partial charge in [-0.1, -0.05) is 30.3 Å². The van der Waals surface area contributed by atoms with Crippen LogP contribution in [0.5, 0.6) is 5.75 Å². The molecule has 1 unspecified atom stereocenters. The highest BCUT2D eigenvalue weighted by Gasteiger charge is 2.28. The molecule has 0 amide bonds. The lowest BCUT2D eigenvalue weighted by Gasteiger charge is -2.29. The number of hydrogen-bond donors (Lipinski definition) is 1. The van der Waals surface area contributed by atoms with Crippen molar-refractivity contribution in [1.29, 1.82) is 0 Å². The number of nitrogen functional groups attached to an aromatic ring is 1. The largest absolute Gasteiger partial charge is 0.495 e. The number of carbonyl (C=O) groups excluding carboxylic acids is 1. The summed E-state index contributed by atoms with van der Waals surface area (Å²) >= 11 is 0. The highest BCUT2D eigenvalue weighted by atomic mass is 16.5. The third-order valence-corrected chi connectivity index (χ3v) is 3.98. The van der Waals surface area contributed by atoms with Crippen molar-refractivity contribution in [3.05, 3.63) is 59.2 Å². The van der Waals surface area contributed by atoms with Gasteiger partial charge in [-0.15, -0.1) is 0 Å². The van der Waals surface area contributed by atoms with Gasteiger partial charge >= 0.3 is 0 Å². The Morgan fingerprint density at radius 1 is 1.25 bits per heavy atom. The summed E-state index contributed by atoms with van der Waals surface area (Å²) < 4.78 is 5.16. The van der Waals surface area contributed by atoms with Crippen LogP contribution in [0.3, 0.4) is 0 Å². The Hall–Kier alpha value is -2.29. The van der Waals surface area contributed by atoms with E-state index in [-0.39, 0.29) is 5.78 Å². The van der Waals surface area contributed by atoms with E-state index in [2.05, 4.69) is 12.1 Å². The molecule has 0 saturated heterocycles. The third-order valence-electron chi connectivity index (χ3n) is 3.98. The Kier molecular flexibility index (Phi) is 3.18. The molecule has 0 heterocycles. The number of benzene rings is 2. The van der Waals surface area contributed by atoms with Crippen molar-refractivity contribution < 1.29 is 9.53 Å². The fourth-order valence-electron chi connectivity index (χ4n) is 2.84. The van der Waals surface area contributed by atoms with Crippen molar-refractivity contribution in [2.45, 2.75) is 18.8 Å². The van der Waals surface area contributed by atoms with Gasteiger partial charge in [-0.05, 0) is 35.6 Å². The van der Waals surface area contributed by atoms with E-state index in [1.54, 1.807) is 25.3 Å². The predicted molar refractivity (Wildman–Crippen MR) is 79.2 cm³/mol. The second-order valence-corrected chi connectivity index (χ2v) is 5.15. The van der Waals surface area contributed by atoms with Crippen LogP contribution in [-0.2, 0) is 6.42 Å². The van der Waals surface area contributed by atoms with Crippen LogP contribution in [0.15, 0.2) is 42.5 Å². The molecule has 2 aromatic carbocycles. The molecule has 1 aliphatic rings. The predicted octanol–water partition coefficient (Wildman–Crippen LogP) is 3.19. The molecule has 0 aliphatic heterocycles. The average Bonchev–Trinajstić information content (AvgIpc) is 2.45. The first kappa shape index (κ1) is 12.7. The maximum atomic E-state index is 12.4. The quantitative estimate of drug-likeness (QED) is 0.683. The number of anilines is 1. The molecule has 3 rings (SSSR count). The summed E-state index contributed by atoms with van der Waals surface area (Å²) in [5, 5.41) is 0. The molecule has 3 heteroatoms. The minimum absolute atomic E-state index is 0.0842. The first-order valence-electron chi connectivity index (χ1n) is 6.74. The van der Waals surface area contributed by atoms with Crippen LogP contribution < -0.4 is 10.5 Å². The van der Waals surface area contributed by atoms with Crippen molar-refractivity contribution in [3.63, 3.8) is 0 Å². The van der Waals surface area contributed by atoms with E-state index >= 15 is 0 Å². The number of carbonyl (C=O) groups is 1. The molecule has 2 aromatic rings. The van der Waals surface area contributed by atoms with Gasteiger partial charge in [0, 0.05) is 12.0 Å². The minimum atomic E-state index is 0.0842. The van der Waals surface area contributed by atoms with Crippen molar-refractivity contribution in [2.24, 2.45) is 0 Å². The van der Waals surface area contributed by atoms with Crippen LogP contribution in [-0.4, -0.2) is 12.9 Å². The van der Waals surface area contributed by atoms with Crippen LogP contribution >= 0.6 is 0 Å². The molecule has 3 nitrogen and oxygen atoms in total. The Balaban J connectivity index is 1.79. The molecular formula is C17H17NO2. The van der Waals surface area contributed by atoms with Crippen LogP contribution in [0.25, 0.3) is 0 Å². The minimum Gasteiger partial charge on any atom is -0.495 e. The monoisotopic (exact) mass is 267 g/mol. The van der Waals surface area contributed by atoms with Crippen molar-refractivity contribution in [1.82, 2.24) is 0 Å². The topological polar surface area (TPSA) is 52.3 Å². The molecule has 2 N–H and O–H groups in total. The maximum absolute atomic E-state index is 12.4. The summed E-state index contributed by atoms with van der Waals surface area (Å²) in [6.07, 6.45) is 1.49. The van der Waals surface area contributed by atoms with E-state index in [1.807, 2.05) is 12.1 Å². The van der Waals surface area contributed by atoms with Gasteiger partial charge in [0.2, 0.25) is 0 Å². The van der Waals surface area contributed by atoms with E-state index in [0.717, 1.165) is 6.42 Å². The lowest BCUT2D eigenvalue weighted by Crippen LogP contribution is -2.20. The number of hydrogen-bond acceptors (Lipinski definition) is 3. The van der Waals surface area contributed by atoms with Gasteiger partial charge < -0.3 is 10.5 Å². The lowest BCUT2D eigenvalue weighted by atomic mass is 9.74. The van der Waals surface area contributed by atoms with Gasteiger partial charge in [-0.25, -0.2) is 0 Å². The van der Waals surface area contributed by atoms with E-state index in [1.165, 1.54) is 11.1 Å². The fourth-order valence-corrected chi connectivity index (χ4v) is 2.84. The molecule has 1 atom stereocenters. The number of ether oxygens (including phenoxy) is 1. The lowest BCUT2D eigenvalue weighted by molar-refractivity contribution is 0.0971. The van der Waals surface area contributed by atoms with E-state index in [9.17, 15) is 4.79 Å². The fraction of sp³-hybridized carbons (Fsp3) is 0.235. The van der Waals surface area contributed by atoms with Gasteiger partial charge in [-0.3, -0.25) is 4.79 Å². The summed E-state index contributed by atoms with van der Waals surface area (Å²) in [4.78, 5) is 12.4. The van der Waals surface area contributed by atoms with Gasteiger partial charge in [0.05, 0.1) is 12.8 Å². The Bertz CT molecular complexity index is 664. The normalized spacial score (nSPS) is 16.1. The molecule has 0 radical (unpaired) electrons. The first-order valence-corrected chi connectivity index (χ1v) is 6.74. The van der Waals surface area contributed by atoms with Crippen molar-refractivity contribution >= 4 is 11.5 Å². The van der Waals surface area contributed by atoms with Crippen molar-refractivity contribution in [3.8, 4) is 5.75 Å². The molecule has 102 valence electrons. The standard InChI is InChI=1S/C17H17NO2/c1-20-16-8-4-7-14(17(16)18)15(19)10-12-9-11-5-2-3-6-13(11)12/h2-8,12H,9-10,18H2,1H3. The number of methoxy groups -OCH3 is 1. The number of fused-ring (bicyclic) bond motifs is 1. The third kappa shape index (κ3) is 2.05. The molecule has 1 aliphatic carbocycles. The van der Waals surface area contributed by atoms with Crippen LogP contribution in [0, 0.1) is 0 Å². The number of ketones is 1. The molecule has 0 spiro atoms. The second-order valence-electron chi connectivity index (χ2n) is 5.15. The van der Waals surface area contributed by atoms with Crippen LogP contribution in [0.2, 0.25) is 0 Å². The molecule has 0 fully saturated rings. The van der Waals surface area contributed by atoms with E-state index in [4.69, 9.17) is 10.5 Å². The highest BCUT2D eigenvalue weighted by molar-refractivity contribution is 6.02. The Morgan fingerprint density at radius 3 is 2.80 bits per heavy atom. The zero-order valence-electron chi connectivity index (χ0n) is 11.4. The summed E-state index contributed by atoms with van der Waals surface area (Å²) in [6.45, 7) is 0. The number of nitrogens with two attached hydrogens (primary N) is 1. The molecule has 20 heavy (non-hydrogen) atoms. The van der Waals surface area contributed by atoms with E-state index < -0.39 is 0 Å².